The summed E-state index contributed by atoms with van der Waals surface area (Å²) in [5.41, 5.74) is 5.87. The molecule has 0 saturated carbocycles. The highest BCUT2D eigenvalue weighted by Crippen LogP contribution is 2.16. The second-order valence-corrected chi connectivity index (χ2v) is 7.21. The van der Waals surface area contributed by atoms with E-state index in [0.717, 1.165) is 44.9 Å². The lowest BCUT2D eigenvalue weighted by Crippen LogP contribution is -2.45. The van der Waals surface area contributed by atoms with Crippen molar-refractivity contribution in [1.82, 2.24) is 15.1 Å². The van der Waals surface area contributed by atoms with E-state index in [0.29, 0.717) is 5.92 Å². The van der Waals surface area contributed by atoms with E-state index in [-0.39, 0.29) is 36.8 Å². The first-order chi connectivity index (χ1) is 10.0. The molecule has 0 aromatic carbocycles. The smallest absolute Gasteiger partial charge is 0.236 e. The zero-order valence-corrected chi connectivity index (χ0v) is 17.1. The Kier molecular flexibility index (Phi) is 16.2. The van der Waals surface area contributed by atoms with Crippen molar-refractivity contribution in [2.45, 2.75) is 25.3 Å². The van der Waals surface area contributed by atoms with Crippen molar-refractivity contribution in [1.29, 1.82) is 0 Å². The van der Waals surface area contributed by atoms with Crippen LogP contribution in [-0.2, 0) is 4.79 Å². The van der Waals surface area contributed by atoms with Gasteiger partial charge < -0.3 is 20.9 Å². The number of hydrogen-bond donors (Lipinski definition) is 2. The fourth-order valence-electron chi connectivity index (χ4n) is 2.51. The minimum atomic E-state index is -0.349. The Hall–Kier alpha value is 0.280. The quantitative estimate of drug-likeness (QED) is 0.623. The number of nitrogens with one attached hydrogen (secondary N) is 1. The highest BCUT2D eigenvalue weighted by atomic mass is 35.5. The topological polar surface area (TPSA) is 61.6 Å². The van der Waals surface area contributed by atoms with Crippen LogP contribution >= 0.6 is 36.6 Å². The van der Waals surface area contributed by atoms with Gasteiger partial charge in [-0.2, -0.15) is 11.8 Å². The van der Waals surface area contributed by atoms with Crippen LogP contribution in [0.5, 0.6) is 0 Å². The Morgan fingerprint density at radius 3 is 2.48 bits per heavy atom. The van der Waals surface area contributed by atoms with Gasteiger partial charge in [0.2, 0.25) is 5.91 Å². The monoisotopic (exact) mass is 388 g/mol. The normalized spacial score (nSPS) is 17.3. The standard InChI is InChI=1S/C15H32N4OS.2ClH/c1-18(2)9-10-19-7-4-13(5-8-19)12-17-15(20)14(16)6-11-21-3;;/h13-14H,4-12,16H2,1-3H3,(H,17,20);2*1H/t14-;;/m0../s1. The number of rotatable bonds is 9. The van der Waals surface area contributed by atoms with Crippen LogP contribution in [0.25, 0.3) is 0 Å². The number of amides is 1. The van der Waals surface area contributed by atoms with Crippen molar-refractivity contribution in [3.05, 3.63) is 0 Å². The number of hydrogen-bond acceptors (Lipinski definition) is 5. The molecule has 3 N–H and O–H groups in total. The summed E-state index contributed by atoms with van der Waals surface area (Å²) in [5.74, 6) is 1.56. The molecule has 8 heteroatoms. The SMILES string of the molecule is CSCC[C@H](N)C(=O)NCC1CCN(CCN(C)C)CC1.Cl.Cl. The predicted molar refractivity (Wildman–Crippen MR) is 106 cm³/mol. The molecule has 1 aliphatic rings. The largest absolute Gasteiger partial charge is 0.354 e. The highest BCUT2D eigenvalue weighted by molar-refractivity contribution is 7.98. The number of carbonyl (C=O) groups excluding carboxylic acids is 1. The lowest BCUT2D eigenvalue weighted by atomic mass is 9.96. The molecule has 5 nitrogen and oxygen atoms in total. The molecule has 1 saturated heterocycles. The molecule has 1 atom stereocenters. The number of likely N-dealkylation sites (tertiary alicyclic amines) is 1. The molecule has 1 amide bonds. The van der Waals surface area contributed by atoms with Gasteiger partial charge in [-0.25, -0.2) is 0 Å². The summed E-state index contributed by atoms with van der Waals surface area (Å²) < 4.78 is 0. The predicted octanol–water partition coefficient (Wildman–Crippen LogP) is 1.30. The number of likely N-dealkylation sites (N-methyl/N-ethyl adjacent to an activating group) is 1. The van der Waals surface area contributed by atoms with Crippen molar-refractivity contribution in [3.8, 4) is 0 Å². The summed E-state index contributed by atoms with van der Waals surface area (Å²) in [7, 11) is 4.23. The molecule has 1 fully saturated rings. The van der Waals surface area contributed by atoms with Gasteiger partial charge in [0.25, 0.3) is 0 Å². The molecule has 0 bridgehead atoms. The van der Waals surface area contributed by atoms with Crippen LogP contribution in [0.3, 0.4) is 0 Å². The highest BCUT2D eigenvalue weighted by Gasteiger charge is 2.20. The molecule has 1 rings (SSSR count). The molecule has 23 heavy (non-hydrogen) atoms. The second-order valence-electron chi connectivity index (χ2n) is 6.22. The van der Waals surface area contributed by atoms with Crippen molar-refractivity contribution in [2.75, 3.05) is 58.8 Å². The molecule has 0 aromatic rings. The van der Waals surface area contributed by atoms with E-state index in [1.807, 2.05) is 6.26 Å². The Morgan fingerprint density at radius 1 is 1.35 bits per heavy atom. The summed E-state index contributed by atoms with van der Waals surface area (Å²) >= 11 is 1.73. The fraction of sp³-hybridized carbons (Fsp3) is 0.933. The van der Waals surface area contributed by atoms with Gasteiger partial charge >= 0.3 is 0 Å². The van der Waals surface area contributed by atoms with Crippen LogP contribution in [0.15, 0.2) is 0 Å². The van der Waals surface area contributed by atoms with Gasteiger partial charge in [0.1, 0.15) is 0 Å². The number of nitrogens with two attached hydrogens (primary N) is 1. The molecule has 1 aliphatic heterocycles. The minimum Gasteiger partial charge on any atom is -0.354 e. The van der Waals surface area contributed by atoms with E-state index < -0.39 is 0 Å². The zero-order chi connectivity index (χ0) is 15.7. The maximum atomic E-state index is 11.9. The van der Waals surface area contributed by atoms with E-state index in [2.05, 4.69) is 29.2 Å². The van der Waals surface area contributed by atoms with E-state index >= 15 is 0 Å². The van der Waals surface area contributed by atoms with Crippen molar-refractivity contribution in [2.24, 2.45) is 11.7 Å². The van der Waals surface area contributed by atoms with Crippen molar-refractivity contribution in [3.63, 3.8) is 0 Å². The van der Waals surface area contributed by atoms with Crippen LogP contribution in [-0.4, -0.2) is 80.6 Å². The first-order valence-corrected chi connectivity index (χ1v) is 9.31. The van der Waals surface area contributed by atoms with Gasteiger partial charge in [-0.1, -0.05) is 0 Å². The molecule has 0 aromatic heterocycles. The Labute approximate surface area is 158 Å². The number of carbonyl (C=O) groups is 1. The summed E-state index contributed by atoms with van der Waals surface area (Å²) in [4.78, 5) is 16.6. The van der Waals surface area contributed by atoms with Gasteiger partial charge in [-0.3, -0.25) is 4.79 Å². The molecule has 0 radical (unpaired) electrons. The third kappa shape index (κ3) is 11.5. The van der Waals surface area contributed by atoms with Crippen LogP contribution in [0.1, 0.15) is 19.3 Å². The van der Waals surface area contributed by atoms with E-state index in [9.17, 15) is 4.79 Å². The van der Waals surface area contributed by atoms with Gasteiger partial charge in [0.05, 0.1) is 6.04 Å². The van der Waals surface area contributed by atoms with Crippen LogP contribution in [0, 0.1) is 5.92 Å². The first-order valence-electron chi connectivity index (χ1n) is 7.92. The Morgan fingerprint density at radius 2 is 1.96 bits per heavy atom. The first kappa shape index (κ1) is 25.5. The summed E-state index contributed by atoms with van der Waals surface area (Å²) in [6.07, 6.45) is 5.15. The average molecular weight is 389 g/mol. The van der Waals surface area contributed by atoms with Crippen molar-refractivity contribution >= 4 is 42.5 Å². The lowest BCUT2D eigenvalue weighted by molar-refractivity contribution is -0.122. The molecule has 0 spiro atoms. The minimum absolute atomic E-state index is 0. The second kappa shape index (κ2) is 14.6. The zero-order valence-electron chi connectivity index (χ0n) is 14.6. The number of piperidine rings is 1. The molecular weight excluding hydrogens is 355 g/mol. The van der Waals surface area contributed by atoms with E-state index in [1.165, 1.54) is 12.8 Å². The number of nitrogens with zero attached hydrogens (tertiary/aromatic N) is 2. The van der Waals surface area contributed by atoms with Gasteiger partial charge in [-0.05, 0) is 64.4 Å². The summed E-state index contributed by atoms with van der Waals surface area (Å²) in [6, 6.07) is -0.349. The molecule has 0 unspecified atom stereocenters. The lowest BCUT2D eigenvalue weighted by Gasteiger charge is -2.32. The number of halogens is 2. The number of thioether (sulfide) groups is 1. The van der Waals surface area contributed by atoms with E-state index in [1.54, 1.807) is 11.8 Å². The van der Waals surface area contributed by atoms with Crippen LogP contribution < -0.4 is 11.1 Å². The third-order valence-electron chi connectivity index (χ3n) is 4.11. The molecule has 140 valence electrons. The molecule has 1 heterocycles. The Balaban J connectivity index is 0. The van der Waals surface area contributed by atoms with Crippen LogP contribution in [0.4, 0.5) is 0 Å². The summed E-state index contributed by atoms with van der Waals surface area (Å²) in [6.45, 7) is 5.34. The third-order valence-corrected chi connectivity index (χ3v) is 4.75. The fourth-order valence-corrected chi connectivity index (χ4v) is 3.00. The van der Waals surface area contributed by atoms with Crippen molar-refractivity contribution < 1.29 is 4.79 Å². The molecule has 0 aliphatic carbocycles. The van der Waals surface area contributed by atoms with Crippen LogP contribution in [0.2, 0.25) is 0 Å². The maximum Gasteiger partial charge on any atom is 0.236 e. The Bertz CT molecular complexity index is 303. The van der Waals surface area contributed by atoms with Gasteiger partial charge in [0.15, 0.2) is 0 Å². The average Bonchev–Trinajstić information content (AvgIpc) is 2.49. The maximum absolute atomic E-state index is 11.9. The molecular formula is C15H34Cl2N4OS. The summed E-state index contributed by atoms with van der Waals surface area (Å²) in [5, 5.41) is 3.03. The van der Waals surface area contributed by atoms with Gasteiger partial charge in [0, 0.05) is 19.6 Å². The van der Waals surface area contributed by atoms with Gasteiger partial charge in [-0.15, -0.1) is 24.8 Å². The van der Waals surface area contributed by atoms with E-state index in [4.69, 9.17) is 5.73 Å².